The molecule has 0 saturated carbocycles. The molecule has 132 valence electrons. The number of hydrogen-bond donors (Lipinski definition) is 1. The van der Waals surface area contributed by atoms with Crippen LogP contribution in [0.25, 0.3) is 0 Å². The molecule has 0 radical (unpaired) electrons. The molecule has 1 heterocycles. The summed E-state index contributed by atoms with van der Waals surface area (Å²) in [7, 11) is 0. The maximum Gasteiger partial charge on any atom is 0.227 e. The Bertz CT molecular complexity index is 758. The second-order valence-corrected chi connectivity index (χ2v) is 7.55. The molecular formula is C19H19Cl3N2O. The van der Waals surface area contributed by atoms with E-state index in [-0.39, 0.29) is 11.8 Å². The van der Waals surface area contributed by atoms with E-state index in [0.29, 0.717) is 15.1 Å². The highest BCUT2D eigenvalue weighted by molar-refractivity contribution is 6.42. The van der Waals surface area contributed by atoms with Crippen LogP contribution in [0.15, 0.2) is 42.5 Å². The SMILES string of the molecule is O=C(Nc1cccc(Cl)c1)C1CCN(Cc2ccc(Cl)c(Cl)c2)CC1. The molecule has 0 spiro atoms. The standard InChI is InChI=1S/C19H19Cl3N2O/c20-15-2-1-3-16(11-15)23-19(25)14-6-8-24(9-7-14)12-13-4-5-17(21)18(22)10-13/h1-5,10-11,14H,6-9,12H2,(H,23,25). The summed E-state index contributed by atoms with van der Waals surface area (Å²) >= 11 is 18.0. The summed E-state index contributed by atoms with van der Waals surface area (Å²) in [6, 6.07) is 13.0. The number of carbonyl (C=O) groups is 1. The van der Waals surface area contributed by atoms with Gasteiger partial charge in [0.05, 0.1) is 10.0 Å². The van der Waals surface area contributed by atoms with E-state index < -0.39 is 0 Å². The molecule has 0 aliphatic carbocycles. The van der Waals surface area contributed by atoms with Gasteiger partial charge < -0.3 is 5.32 Å². The largest absolute Gasteiger partial charge is 0.326 e. The van der Waals surface area contributed by atoms with Gasteiger partial charge in [-0.05, 0) is 61.8 Å². The van der Waals surface area contributed by atoms with Crippen LogP contribution >= 0.6 is 34.8 Å². The van der Waals surface area contributed by atoms with Crippen LogP contribution in [0.2, 0.25) is 15.1 Å². The quantitative estimate of drug-likeness (QED) is 0.739. The number of nitrogens with zero attached hydrogens (tertiary/aromatic N) is 1. The third-order valence-electron chi connectivity index (χ3n) is 4.44. The summed E-state index contributed by atoms with van der Waals surface area (Å²) in [5.41, 5.74) is 1.88. The second kappa shape index (κ2) is 8.41. The second-order valence-electron chi connectivity index (χ2n) is 6.30. The number of halogens is 3. The van der Waals surface area contributed by atoms with Crippen molar-refractivity contribution in [3.8, 4) is 0 Å². The zero-order valence-corrected chi connectivity index (χ0v) is 15.9. The number of benzene rings is 2. The molecule has 3 rings (SSSR count). The van der Waals surface area contributed by atoms with Gasteiger partial charge in [-0.25, -0.2) is 0 Å². The summed E-state index contributed by atoms with van der Waals surface area (Å²) in [6.45, 7) is 2.58. The van der Waals surface area contributed by atoms with Crippen LogP contribution in [-0.2, 0) is 11.3 Å². The Balaban J connectivity index is 1.51. The first-order valence-corrected chi connectivity index (χ1v) is 9.37. The fourth-order valence-corrected chi connectivity index (χ4v) is 3.57. The molecule has 1 N–H and O–H groups in total. The molecule has 1 aliphatic heterocycles. The van der Waals surface area contributed by atoms with Crippen molar-refractivity contribution in [1.29, 1.82) is 0 Å². The normalized spacial score (nSPS) is 16.0. The summed E-state index contributed by atoms with van der Waals surface area (Å²) in [6.07, 6.45) is 1.68. The Hall–Kier alpha value is -1.26. The van der Waals surface area contributed by atoms with E-state index in [1.807, 2.05) is 30.3 Å². The molecule has 1 saturated heterocycles. The summed E-state index contributed by atoms with van der Waals surface area (Å²) in [5, 5.41) is 4.73. The van der Waals surface area contributed by atoms with Crippen molar-refractivity contribution in [2.45, 2.75) is 19.4 Å². The lowest BCUT2D eigenvalue weighted by molar-refractivity contribution is -0.121. The smallest absolute Gasteiger partial charge is 0.227 e. The van der Waals surface area contributed by atoms with Crippen LogP contribution in [-0.4, -0.2) is 23.9 Å². The summed E-state index contributed by atoms with van der Waals surface area (Å²) in [4.78, 5) is 14.8. The lowest BCUT2D eigenvalue weighted by Gasteiger charge is -2.31. The highest BCUT2D eigenvalue weighted by Gasteiger charge is 2.25. The molecule has 2 aromatic carbocycles. The van der Waals surface area contributed by atoms with Gasteiger partial charge >= 0.3 is 0 Å². The summed E-state index contributed by atoms with van der Waals surface area (Å²) in [5.74, 6) is 0.0977. The van der Waals surface area contributed by atoms with Gasteiger partial charge in [-0.2, -0.15) is 0 Å². The molecular weight excluding hydrogens is 379 g/mol. The highest BCUT2D eigenvalue weighted by Crippen LogP contribution is 2.25. The van der Waals surface area contributed by atoms with E-state index in [1.54, 1.807) is 12.1 Å². The minimum atomic E-state index is 0.0315. The average Bonchev–Trinajstić information content (AvgIpc) is 2.59. The number of rotatable bonds is 4. The lowest BCUT2D eigenvalue weighted by atomic mass is 9.95. The van der Waals surface area contributed by atoms with Gasteiger partial charge in [-0.15, -0.1) is 0 Å². The molecule has 6 heteroatoms. The van der Waals surface area contributed by atoms with Crippen LogP contribution in [0, 0.1) is 5.92 Å². The summed E-state index contributed by atoms with van der Waals surface area (Å²) < 4.78 is 0. The third kappa shape index (κ3) is 5.11. The van der Waals surface area contributed by atoms with E-state index in [2.05, 4.69) is 10.2 Å². The molecule has 2 aromatic rings. The Morgan fingerprint density at radius 2 is 1.80 bits per heavy atom. The molecule has 1 aliphatic rings. The van der Waals surface area contributed by atoms with E-state index in [1.165, 1.54) is 0 Å². The minimum absolute atomic E-state index is 0.0315. The van der Waals surface area contributed by atoms with Gasteiger partial charge in [-0.1, -0.05) is 46.9 Å². The first-order chi connectivity index (χ1) is 12.0. The van der Waals surface area contributed by atoms with Crippen LogP contribution in [0.4, 0.5) is 5.69 Å². The molecule has 0 unspecified atom stereocenters. The Kier molecular flexibility index (Phi) is 6.24. The molecule has 0 aromatic heterocycles. The van der Waals surface area contributed by atoms with Crippen molar-refractivity contribution in [2.75, 3.05) is 18.4 Å². The fourth-order valence-electron chi connectivity index (χ4n) is 3.06. The van der Waals surface area contributed by atoms with Crippen LogP contribution in [0.5, 0.6) is 0 Å². The monoisotopic (exact) mass is 396 g/mol. The Labute approximate surface area is 162 Å². The fraction of sp³-hybridized carbons (Fsp3) is 0.316. The number of anilines is 1. The Morgan fingerprint density at radius 3 is 2.48 bits per heavy atom. The average molecular weight is 398 g/mol. The third-order valence-corrected chi connectivity index (χ3v) is 5.41. The van der Waals surface area contributed by atoms with Gasteiger partial charge in [0.2, 0.25) is 5.91 Å². The molecule has 1 fully saturated rings. The number of hydrogen-bond acceptors (Lipinski definition) is 2. The number of likely N-dealkylation sites (tertiary alicyclic amines) is 1. The van der Waals surface area contributed by atoms with Gasteiger partial charge in [0, 0.05) is 23.2 Å². The van der Waals surface area contributed by atoms with E-state index in [4.69, 9.17) is 34.8 Å². The van der Waals surface area contributed by atoms with Crippen LogP contribution in [0.1, 0.15) is 18.4 Å². The first kappa shape index (κ1) is 18.5. The number of piperidine rings is 1. The van der Waals surface area contributed by atoms with Crippen molar-refractivity contribution >= 4 is 46.4 Å². The molecule has 25 heavy (non-hydrogen) atoms. The van der Waals surface area contributed by atoms with Gasteiger partial charge in [0.1, 0.15) is 0 Å². The van der Waals surface area contributed by atoms with Crippen LogP contribution in [0.3, 0.4) is 0 Å². The minimum Gasteiger partial charge on any atom is -0.326 e. The van der Waals surface area contributed by atoms with Crippen molar-refractivity contribution in [3.05, 3.63) is 63.1 Å². The van der Waals surface area contributed by atoms with E-state index >= 15 is 0 Å². The van der Waals surface area contributed by atoms with Crippen molar-refractivity contribution in [3.63, 3.8) is 0 Å². The van der Waals surface area contributed by atoms with Crippen molar-refractivity contribution in [2.24, 2.45) is 5.92 Å². The van der Waals surface area contributed by atoms with Crippen molar-refractivity contribution in [1.82, 2.24) is 4.90 Å². The lowest BCUT2D eigenvalue weighted by Crippen LogP contribution is -2.37. The molecule has 0 bridgehead atoms. The van der Waals surface area contributed by atoms with E-state index in [0.717, 1.165) is 43.7 Å². The maximum atomic E-state index is 12.4. The maximum absolute atomic E-state index is 12.4. The molecule has 1 amide bonds. The first-order valence-electron chi connectivity index (χ1n) is 8.24. The molecule has 0 atom stereocenters. The highest BCUT2D eigenvalue weighted by atomic mass is 35.5. The van der Waals surface area contributed by atoms with Gasteiger partial charge in [0.15, 0.2) is 0 Å². The number of amides is 1. The zero-order valence-electron chi connectivity index (χ0n) is 13.6. The number of nitrogens with one attached hydrogen (secondary N) is 1. The number of carbonyl (C=O) groups excluding carboxylic acids is 1. The van der Waals surface area contributed by atoms with Gasteiger partial charge in [0.25, 0.3) is 0 Å². The predicted octanol–water partition coefficient (Wildman–Crippen LogP) is 5.50. The van der Waals surface area contributed by atoms with E-state index in [9.17, 15) is 4.79 Å². The van der Waals surface area contributed by atoms with Gasteiger partial charge in [-0.3, -0.25) is 9.69 Å². The zero-order chi connectivity index (χ0) is 17.8. The predicted molar refractivity (Wildman–Crippen MR) is 105 cm³/mol. The van der Waals surface area contributed by atoms with Crippen molar-refractivity contribution < 1.29 is 4.79 Å². The molecule has 3 nitrogen and oxygen atoms in total. The van der Waals surface area contributed by atoms with Crippen LogP contribution < -0.4 is 5.32 Å². The Morgan fingerprint density at radius 1 is 1.04 bits per heavy atom. The topological polar surface area (TPSA) is 32.3 Å².